The molecule has 42 heavy (non-hydrogen) atoms. The zero-order valence-corrected chi connectivity index (χ0v) is 24.9. The average Bonchev–Trinajstić information content (AvgIpc) is 3.46. The molecule has 4 aliphatic rings. The van der Waals surface area contributed by atoms with Crippen LogP contribution in [0.2, 0.25) is 0 Å². The minimum atomic E-state index is -0.519. The number of rotatable bonds is 7. The molecule has 4 fully saturated rings. The topological polar surface area (TPSA) is 164 Å². The van der Waals surface area contributed by atoms with Crippen LogP contribution in [0.25, 0.3) is 10.9 Å². The molecule has 0 aliphatic heterocycles. The molecule has 4 saturated carbocycles. The van der Waals surface area contributed by atoms with E-state index in [0.717, 1.165) is 57.8 Å². The SMILES string of the molecule is CC(CCC(=O)NNc1c([O-])[nH]c2cc([N+](=O)[O-])ccc12)C1CCC2C3C(O)CC4CC(O)CC[C@]4(C)C3CC[C@]12C. The van der Waals surface area contributed by atoms with Crippen molar-refractivity contribution in [2.24, 2.45) is 46.3 Å². The number of benzene rings is 1. The van der Waals surface area contributed by atoms with Gasteiger partial charge in [-0.25, -0.2) is 0 Å². The fraction of sp³-hybridized carbons (Fsp3) is 0.719. The fourth-order valence-corrected chi connectivity index (χ4v) is 10.3. The first-order valence-electron chi connectivity index (χ1n) is 15.8. The molecule has 0 spiro atoms. The quantitative estimate of drug-likeness (QED) is 0.227. The van der Waals surface area contributed by atoms with E-state index < -0.39 is 10.8 Å². The number of aromatic amines is 1. The fourth-order valence-electron chi connectivity index (χ4n) is 10.3. The van der Waals surface area contributed by atoms with Gasteiger partial charge in [-0.2, -0.15) is 0 Å². The number of hydrazine groups is 1. The van der Waals surface area contributed by atoms with Crippen LogP contribution in [-0.2, 0) is 4.79 Å². The minimum absolute atomic E-state index is 0.116. The number of aliphatic hydroxyl groups excluding tert-OH is 2. The van der Waals surface area contributed by atoms with Gasteiger partial charge in [0.2, 0.25) is 5.91 Å². The highest BCUT2D eigenvalue weighted by molar-refractivity contribution is 5.97. The number of nitro groups is 1. The second kappa shape index (κ2) is 10.7. The molecule has 4 aliphatic carbocycles. The number of amides is 1. The van der Waals surface area contributed by atoms with Crippen molar-refractivity contribution in [3.8, 4) is 5.88 Å². The van der Waals surface area contributed by atoms with Crippen LogP contribution in [0.5, 0.6) is 5.88 Å². The highest BCUT2D eigenvalue weighted by atomic mass is 16.6. The van der Waals surface area contributed by atoms with Crippen LogP contribution >= 0.6 is 0 Å². The van der Waals surface area contributed by atoms with Crippen molar-refractivity contribution in [1.29, 1.82) is 0 Å². The monoisotopic (exact) mass is 581 g/mol. The number of aliphatic hydroxyl groups is 2. The lowest BCUT2D eigenvalue weighted by atomic mass is 9.43. The molecule has 1 amide bonds. The van der Waals surface area contributed by atoms with Gasteiger partial charge >= 0.3 is 0 Å². The Morgan fingerprint density at radius 3 is 2.62 bits per heavy atom. The van der Waals surface area contributed by atoms with E-state index in [2.05, 4.69) is 36.6 Å². The summed E-state index contributed by atoms with van der Waals surface area (Å²) >= 11 is 0. The molecule has 230 valence electrons. The number of carbonyl (C=O) groups is 1. The summed E-state index contributed by atoms with van der Waals surface area (Å²) in [6.07, 6.45) is 8.67. The summed E-state index contributed by atoms with van der Waals surface area (Å²) in [5.41, 5.74) is 6.14. The number of aromatic nitrogens is 1. The van der Waals surface area contributed by atoms with E-state index in [1.165, 1.54) is 18.2 Å². The number of carbonyl (C=O) groups excluding carboxylic acids is 1. The van der Waals surface area contributed by atoms with E-state index in [9.17, 15) is 30.2 Å². The number of hydrogen-bond donors (Lipinski definition) is 5. The zero-order valence-electron chi connectivity index (χ0n) is 24.9. The predicted octanol–water partition coefficient (Wildman–Crippen LogP) is 5.00. The lowest BCUT2D eigenvalue weighted by Gasteiger charge is -2.62. The second-order valence-corrected chi connectivity index (χ2v) is 14.5. The highest BCUT2D eigenvalue weighted by Gasteiger charge is 2.62. The van der Waals surface area contributed by atoms with Crippen LogP contribution < -0.4 is 16.0 Å². The normalized spacial score (nSPS) is 38.3. The van der Waals surface area contributed by atoms with Crippen LogP contribution in [-0.4, -0.2) is 38.2 Å². The van der Waals surface area contributed by atoms with Crippen LogP contribution in [0, 0.1) is 56.5 Å². The number of nitrogens with zero attached hydrogens (tertiary/aromatic N) is 1. The molecule has 8 unspecified atom stereocenters. The highest BCUT2D eigenvalue weighted by Crippen LogP contribution is 2.68. The molecule has 1 aromatic carbocycles. The molecule has 5 N–H and O–H groups in total. The Kier molecular flexibility index (Phi) is 7.45. The summed E-state index contributed by atoms with van der Waals surface area (Å²) in [7, 11) is 0. The van der Waals surface area contributed by atoms with Crippen molar-refractivity contribution >= 4 is 28.2 Å². The molecule has 0 bridgehead atoms. The van der Waals surface area contributed by atoms with Crippen molar-refractivity contribution in [3.05, 3.63) is 28.3 Å². The summed E-state index contributed by atoms with van der Waals surface area (Å²) in [6.45, 7) is 7.13. The van der Waals surface area contributed by atoms with E-state index in [-0.39, 0.29) is 40.3 Å². The second-order valence-electron chi connectivity index (χ2n) is 14.5. The Bertz CT molecular complexity index is 1360. The molecular weight excluding hydrogens is 536 g/mol. The largest absolute Gasteiger partial charge is 0.859 e. The number of nitrogens with one attached hydrogen (secondary N) is 3. The molecule has 10 heteroatoms. The van der Waals surface area contributed by atoms with E-state index >= 15 is 0 Å². The van der Waals surface area contributed by atoms with Crippen molar-refractivity contribution in [2.75, 3.05) is 5.43 Å². The summed E-state index contributed by atoms with van der Waals surface area (Å²) in [5, 5.41) is 45.7. The summed E-state index contributed by atoms with van der Waals surface area (Å²) < 4.78 is 0. The van der Waals surface area contributed by atoms with Crippen molar-refractivity contribution < 1.29 is 25.0 Å². The van der Waals surface area contributed by atoms with Gasteiger partial charge in [-0.3, -0.25) is 25.8 Å². The van der Waals surface area contributed by atoms with Gasteiger partial charge in [-0.05, 0) is 116 Å². The number of H-pyrrole nitrogens is 1. The van der Waals surface area contributed by atoms with Gasteiger partial charge in [0, 0.05) is 23.9 Å². The third-order valence-corrected chi connectivity index (χ3v) is 12.5. The molecule has 6 rings (SSSR count). The van der Waals surface area contributed by atoms with Gasteiger partial charge < -0.3 is 20.3 Å². The standard InChI is InChI=1S/C32H46N4O6/c1-17(4-9-27(39)34-35-29-21-6-5-19(36(41)42)16-25(21)33-30(29)40)22-7-8-23-28-24(11-13-32(22,23)3)31(2)12-10-20(37)14-18(31)15-26(28)38/h5-6,16-18,20,22-24,26,28,33,35,37-38,40H,4,7-15H2,1-3H3,(H,34,39)/p-1/t17?,18?,20?,22?,23?,24?,26?,28?,31-,32+/m0/s1. The number of hydrogen-bond acceptors (Lipinski definition) is 7. The van der Waals surface area contributed by atoms with Crippen molar-refractivity contribution in [2.45, 2.75) is 97.2 Å². The minimum Gasteiger partial charge on any atom is -0.859 e. The van der Waals surface area contributed by atoms with Crippen LogP contribution in [0.3, 0.4) is 0 Å². The molecule has 0 radical (unpaired) electrons. The molecule has 10 atom stereocenters. The van der Waals surface area contributed by atoms with Gasteiger partial charge in [-0.1, -0.05) is 20.8 Å². The molecule has 2 aromatic rings. The Balaban J connectivity index is 1.07. The third kappa shape index (κ3) is 4.75. The Morgan fingerprint density at radius 1 is 1.12 bits per heavy atom. The molecule has 0 saturated heterocycles. The maximum absolute atomic E-state index is 12.8. The molecular formula is C32H45N4O6-. The van der Waals surface area contributed by atoms with Gasteiger partial charge in [0.15, 0.2) is 0 Å². The Labute approximate surface area is 246 Å². The lowest BCUT2D eigenvalue weighted by Crippen LogP contribution is -2.58. The van der Waals surface area contributed by atoms with E-state index in [1.54, 1.807) is 0 Å². The van der Waals surface area contributed by atoms with E-state index in [0.29, 0.717) is 52.8 Å². The summed E-state index contributed by atoms with van der Waals surface area (Å²) in [5.74, 6) is 1.93. The predicted molar refractivity (Wildman–Crippen MR) is 157 cm³/mol. The van der Waals surface area contributed by atoms with Crippen LogP contribution in [0.15, 0.2) is 18.2 Å². The van der Waals surface area contributed by atoms with Crippen molar-refractivity contribution in [3.63, 3.8) is 0 Å². The summed E-state index contributed by atoms with van der Waals surface area (Å²) in [4.78, 5) is 25.9. The van der Waals surface area contributed by atoms with E-state index in [1.807, 2.05) is 0 Å². The first-order valence-corrected chi connectivity index (χ1v) is 15.8. The number of fused-ring (bicyclic) bond motifs is 6. The molecule has 10 nitrogen and oxygen atoms in total. The average molecular weight is 582 g/mol. The zero-order chi connectivity index (χ0) is 30.0. The summed E-state index contributed by atoms with van der Waals surface area (Å²) in [6, 6.07) is 4.13. The van der Waals surface area contributed by atoms with Gasteiger partial charge in [0.05, 0.1) is 28.3 Å². The van der Waals surface area contributed by atoms with Crippen molar-refractivity contribution in [1.82, 2.24) is 10.4 Å². The van der Waals surface area contributed by atoms with E-state index in [4.69, 9.17) is 0 Å². The first kappa shape index (κ1) is 29.2. The maximum atomic E-state index is 12.8. The maximum Gasteiger partial charge on any atom is 0.271 e. The lowest BCUT2D eigenvalue weighted by molar-refractivity contribution is -0.384. The first-order chi connectivity index (χ1) is 19.9. The van der Waals surface area contributed by atoms with Gasteiger partial charge in [-0.15, -0.1) is 0 Å². The number of anilines is 1. The van der Waals surface area contributed by atoms with Crippen LogP contribution in [0.4, 0.5) is 11.4 Å². The molecule has 1 heterocycles. The Morgan fingerprint density at radius 2 is 1.86 bits per heavy atom. The smallest absolute Gasteiger partial charge is 0.271 e. The number of nitro benzene ring substituents is 1. The van der Waals surface area contributed by atoms with Crippen LogP contribution in [0.1, 0.15) is 85.0 Å². The van der Waals surface area contributed by atoms with Gasteiger partial charge in [0.1, 0.15) is 0 Å². The Hall–Kier alpha value is -2.85. The van der Waals surface area contributed by atoms with Gasteiger partial charge in [0.25, 0.3) is 5.69 Å². The third-order valence-electron chi connectivity index (χ3n) is 12.5. The molecule has 1 aromatic heterocycles. The number of non-ortho nitro benzene ring substituents is 1.